The number of phenolic OH excluding ortho intramolecular Hbond substituents is 1. The first-order valence-corrected chi connectivity index (χ1v) is 4.99. The zero-order chi connectivity index (χ0) is 13.5. The van der Waals surface area contributed by atoms with Crippen molar-refractivity contribution in [2.45, 2.75) is 0 Å². The number of hydrogen-bond donors (Lipinski definition) is 3. The highest BCUT2D eigenvalue weighted by Crippen LogP contribution is 2.22. The van der Waals surface area contributed by atoms with Crippen molar-refractivity contribution in [1.82, 2.24) is 10.3 Å². The monoisotopic (exact) mass is 248 g/mol. The number of pyridine rings is 1. The van der Waals surface area contributed by atoms with Gasteiger partial charge in [0.05, 0.1) is 0 Å². The molecule has 6 heteroatoms. The predicted molar refractivity (Wildman–Crippen MR) is 65.1 cm³/mol. The summed E-state index contributed by atoms with van der Waals surface area (Å²) in [6, 6.07) is 8.22. The highest BCUT2D eigenvalue weighted by Gasteiger charge is 2.08. The molecule has 1 aromatic heterocycles. The summed E-state index contributed by atoms with van der Waals surface area (Å²) in [5.41, 5.74) is 0.524. The molecule has 0 aliphatic carbocycles. The number of nitrogens with zero attached hydrogens (tertiary/aromatic N) is 1. The van der Waals surface area contributed by atoms with E-state index in [0.29, 0.717) is 5.52 Å². The van der Waals surface area contributed by atoms with E-state index in [2.05, 4.69) is 10.3 Å². The van der Waals surface area contributed by atoms with Gasteiger partial charge in [0.2, 0.25) is 0 Å². The number of aromatic nitrogens is 1. The Morgan fingerprint density at radius 1 is 1.28 bits per heavy atom. The Bertz CT molecular complexity index is 557. The lowest BCUT2D eigenvalue weighted by Gasteiger charge is -2.03. The summed E-state index contributed by atoms with van der Waals surface area (Å²) < 4.78 is 0. The molecule has 6 nitrogen and oxygen atoms in total. The maximum atomic E-state index is 11.4. The number of carbonyl (C=O) groups is 2. The Kier molecular flexibility index (Phi) is 4.77. The second kappa shape index (κ2) is 6.31. The van der Waals surface area contributed by atoms with E-state index in [0.717, 1.165) is 5.39 Å². The van der Waals surface area contributed by atoms with Gasteiger partial charge in [0.1, 0.15) is 30.5 Å². The van der Waals surface area contributed by atoms with Gasteiger partial charge in [-0.1, -0.05) is 18.2 Å². The number of fused-ring (bicyclic) bond motifs is 1. The number of aliphatic hydroxyl groups is 1. The van der Waals surface area contributed by atoms with Crippen LogP contribution in [-0.2, 0) is 4.79 Å². The van der Waals surface area contributed by atoms with E-state index in [1.54, 1.807) is 18.2 Å². The maximum Gasteiger partial charge on any atom is 0.271 e. The highest BCUT2D eigenvalue weighted by atomic mass is 16.3. The molecule has 0 fully saturated rings. The smallest absolute Gasteiger partial charge is 0.271 e. The molecule has 2 rings (SSSR count). The van der Waals surface area contributed by atoms with Crippen LogP contribution in [0.2, 0.25) is 0 Å². The Balaban J connectivity index is 0.000000771. The standard InChI is InChI=1S/C11H10N2O3.CH2O/c14-6-12-11(16)8-5-4-7-2-1-3-9(15)10(7)13-8;1-2/h1-5,14-15H,6H2,(H,12,16);1H2. The fraction of sp³-hybridized carbons (Fsp3) is 0.0833. The fourth-order valence-corrected chi connectivity index (χ4v) is 1.42. The fourth-order valence-electron chi connectivity index (χ4n) is 1.42. The molecule has 0 saturated heterocycles. The molecule has 0 aliphatic heterocycles. The number of phenols is 1. The molecule has 0 aliphatic rings. The van der Waals surface area contributed by atoms with E-state index >= 15 is 0 Å². The van der Waals surface area contributed by atoms with Gasteiger partial charge < -0.3 is 20.3 Å². The third-order valence-corrected chi connectivity index (χ3v) is 2.17. The van der Waals surface area contributed by atoms with Crippen molar-refractivity contribution >= 4 is 23.6 Å². The molecule has 3 N–H and O–H groups in total. The minimum absolute atomic E-state index is 0.0242. The van der Waals surface area contributed by atoms with Gasteiger partial charge in [-0.25, -0.2) is 4.98 Å². The minimum atomic E-state index is -0.479. The van der Waals surface area contributed by atoms with Crippen LogP contribution in [0.25, 0.3) is 10.9 Å². The molecule has 94 valence electrons. The van der Waals surface area contributed by atoms with E-state index in [-0.39, 0.29) is 11.4 Å². The Morgan fingerprint density at radius 2 is 2.00 bits per heavy atom. The van der Waals surface area contributed by atoms with Crippen molar-refractivity contribution < 1.29 is 19.8 Å². The Hall–Kier alpha value is -2.47. The summed E-state index contributed by atoms with van der Waals surface area (Å²) >= 11 is 0. The number of benzene rings is 1. The zero-order valence-electron chi connectivity index (χ0n) is 9.46. The molecule has 18 heavy (non-hydrogen) atoms. The molecule has 0 spiro atoms. The van der Waals surface area contributed by atoms with Crippen LogP contribution in [0.4, 0.5) is 0 Å². The van der Waals surface area contributed by atoms with Crippen LogP contribution in [-0.4, -0.2) is 34.6 Å². The van der Waals surface area contributed by atoms with Gasteiger partial charge in [-0.3, -0.25) is 4.79 Å². The quantitative estimate of drug-likeness (QED) is 0.669. The summed E-state index contributed by atoms with van der Waals surface area (Å²) in [6.45, 7) is 1.55. The number of para-hydroxylation sites is 1. The second-order valence-electron chi connectivity index (χ2n) is 3.21. The summed E-state index contributed by atoms with van der Waals surface area (Å²) in [5.74, 6) is -0.455. The van der Waals surface area contributed by atoms with Gasteiger partial charge in [0.15, 0.2) is 0 Å². The molecule has 0 bridgehead atoms. The SMILES string of the molecule is C=O.O=C(NCO)c1ccc2cccc(O)c2n1. The van der Waals surface area contributed by atoms with E-state index in [1.807, 2.05) is 6.79 Å². The van der Waals surface area contributed by atoms with E-state index < -0.39 is 12.6 Å². The van der Waals surface area contributed by atoms with Gasteiger partial charge in [0, 0.05) is 5.39 Å². The molecule has 0 saturated carbocycles. The van der Waals surface area contributed by atoms with Gasteiger partial charge in [-0.05, 0) is 12.1 Å². The molecule has 0 unspecified atom stereocenters. The van der Waals surface area contributed by atoms with Crippen LogP contribution in [0.5, 0.6) is 5.75 Å². The second-order valence-corrected chi connectivity index (χ2v) is 3.21. The lowest BCUT2D eigenvalue weighted by Crippen LogP contribution is -2.24. The number of carbonyl (C=O) groups excluding carboxylic acids is 2. The first-order chi connectivity index (χ1) is 8.72. The van der Waals surface area contributed by atoms with Crippen molar-refractivity contribution in [1.29, 1.82) is 0 Å². The number of aromatic hydroxyl groups is 1. The lowest BCUT2D eigenvalue weighted by molar-refractivity contribution is -0.0980. The highest BCUT2D eigenvalue weighted by molar-refractivity contribution is 5.95. The number of hydrogen-bond acceptors (Lipinski definition) is 5. The van der Waals surface area contributed by atoms with Crippen molar-refractivity contribution in [3.8, 4) is 5.75 Å². The summed E-state index contributed by atoms with van der Waals surface area (Å²) in [6.07, 6.45) is 0. The number of aliphatic hydroxyl groups excluding tert-OH is 1. The maximum absolute atomic E-state index is 11.4. The van der Waals surface area contributed by atoms with Crippen LogP contribution in [0.15, 0.2) is 30.3 Å². The molecule has 1 heterocycles. The number of rotatable bonds is 2. The molecule has 0 radical (unpaired) electrons. The normalized spacial score (nSPS) is 9.39. The lowest BCUT2D eigenvalue weighted by atomic mass is 10.2. The Labute approximate surface area is 103 Å². The first-order valence-electron chi connectivity index (χ1n) is 4.99. The third kappa shape index (κ3) is 2.80. The van der Waals surface area contributed by atoms with Crippen LogP contribution in [0.1, 0.15) is 10.5 Å². The van der Waals surface area contributed by atoms with Crippen molar-refractivity contribution in [3.63, 3.8) is 0 Å². The molecular weight excluding hydrogens is 236 g/mol. The van der Waals surface area contributed by atoms with Gasteiger partial charge in [0.25, 0.3) is 5.91 Å². The van der Waals surface area contributed by atoms with E-state index in [1.165, 1.54) is 12.1 Å². The zero-order valence-corrected chi connectivity index (χ0v) is 9.46. The summed E-state index contributed by atoms with van der Waals surface area (Å²) in [4.78, 5) is 23.4. The van der Waals surface area contributed by atoms with Crippen LogP contribution in [0.3, 0.4) is 0 Å². The third-order valence-electron chi connectivity index (χ3n) is 2.17. The van der Waals surface area contributed by atoms with E-state index in [4.69, 9.17) is 9.90 Å². The Morgan fingerprint density at radius 3 is 2.67 bits per heavy atom. The minimum Gasteiger partial charge on any atom is -0.506 e. The molecule has 0 atom stereocenters. The molecule has 2 aromatic rings. The first kappa shape index (κ1) is 13.6. The summed E-state index contributed by atoms with van der Waals surface area (Å²) in [7, 11) is 0. The van der Waals surface area contributed by atoms with Crippen LogP contribution in [0, 0.1) is 0 Å². The van der Waals surface area contributed by atoms with Crippen LogP contribution >= 0.6 is 0 Å². The van der Waals surface area contributed by atoms with Crippen molar-refractivity contribution in [2.24, 2.45) is 0 Å². The van der Waals surface area contributed by atoms with E-state index in [9.17, 15) is 9.90 Å². The van der Waals surface area contributed by atoms with Crippen molar-refractivity contribution in [2.75, 3.05) is 6.73 Å². The van der Waals surface area contributed by atoms with Crippen molar-refractivity contribution in [3.05, 3.63) is 36.0 Å². The average Bonchev–Trinajstić information content (AvgIpc) is 2.41. The van der Waals surface area contributed by atoms with Gasteiger partial charge >= 0.3 is 0 Å². The molecule has 1 aromatic carbocycles. The topological polar surface area (TPSA) is 99.5 Å². The van der Waals surface area contributed by atoms with Crippen LogP contribution < -0.4 is 5.32 Å². The number of amides is 1. The van der Waals surface area contributed by atoms with Gasteiger partial charge in [-0.2, -0.15) is 0 Å². The van der Waals surface area contributed by atoms with Gasteiger partial charge in [-0.15, -0.1) is 0 Å². The predicted octanol–water partition coefficient (Wildman–Crippen LogP) is 0.435. The summed E-state index contributed by atoms with van der Waals surface area (Å²) in [5, 5.41) is 21.1. The largest absolute Gasteiger partial charge is 0.506 e. The molecular formula is C12H12N2O4. The number of nitrogens with one attached hydrogen (secondary N) is 1. The molecule has 1 amide bonds. The average molecular weight is 248 g/mol.